The lowest BCUT2D eigenvalue weighted by Crippen LogP contribution is -2.49. The van der Waals surface area contributed by atoms with Crippen LogP contribution in [0.2, 0.25) is 0 Å². The normalized spacial score (nSPS) is 45.3. The van der Waals surface area contributed by atoms with Crippen LogP contribution >= 0.6 is 7.52 Å². The number of methoxy groups -OCH3 is 1. The molecule has 3 aliphatic rings. The van der Waals surface area contributed by atoms with Crippen LogP contribution in [0.3, 0.4) is 0 Å². The van der Waals surface area contributed by atoms with Crippen molar-refractivity contribution in [1.82, 2.24) is 4.67 Å². The van der Waals surface area contributed by atoms with E-state index in [9.17, 15) is 9.36 Å². The van der Waals surface area contributed by atoms with Crippen LogP contribution in [-0.2, 0) is 18.6 Å². The van der Waals surface area contributed by atoms with E-state index in [1.54, 1.807) is 0 Å². The van der Waals surface area contributed by atoms with Crippen molar-refractivity contribution in [3.63, 3.8) is 0 Å². The van der Waals surface area contributed by atoms with Crippen molar-refractivity contribution in [3.05, 3.63) is 0 Å². The molecule has 0 spiro atoms. The fourth-order valence-corrected chi connectivity index (χ4v) is 8.51. The molecule has 5 nitrogen and oxygen atoms in total. The highest BCUT2D eigenvalue weighted by Gasteiger charge is 2.74. The van der Waals surface area contributed by atoms with Gasteiger partial charge in [-0.2, -0.15) is 0 Å². The van der Waals surface area contributed by atoms with E-state index in [0.29, 0.717) is 5.92 Å². The van der Waals surface area contributed by atoms with Crippen molar-refractivity contribution >= 4 is 13.5 Å². The van der Waals surface area contributed by atoms with Crippen LogP contribution in [0.15, 0.2) is 0 Å². The molecular weight excluding hydrogens is 313 g/mol. The fourth-order valence-electron chi connectivity index (χ4n) is 5.41. The third-order valence-electron chi connectivity index (χ3n) is 6.86. The first-order valence-corrected chi connectivity index (χ1v) is 10.3. The van der Waals surface area contributed by atoms with Gasteiger partial charge in [0.15, 0.2) is 0 Å². The fraction of sp³-hybridized carbons (Fsp3) is 0.941. The van der Waals surface area contributed by atoms with Gasteiger partial charge in [-0.1, -0.05) is 20.8 Å². The quantitative estimate of drug-likeness (QED) is 0.565. The minimum absolute atomic E-state index is 0.00805. The second-order valence-corrected chi connectivity index (χ2v) is 11.4. The Labute approximate surface area is 139 Å². The van der Waals surface area contributed by atoms with Crippen molar-refractivity contribution in [2.75, 3.05) is 13.3 Å². The van der Waals surface area contributed by atoms with Crippen LogP contribution in [0.1, 0.15) is 54.4 Å². The van der Waals surface area contributed by atoms with Gasteiger partial charge in [0.2, 0.25) is 0 Å². The third-order valence-corrected chi connectivity index (χ3v) is 9.59. The number of carbonyl (C=O) groups excluding carboxylic acids is 1. The number of hydrogen-bond acceptors (Lipinski definition) is 4. The van der Waals surface area contributed by atoms with Gasteiger partial charge in [0.1, 0.15) is 6.16 Å². The van der Waals surface area contributed by atoms with Gasteiger partial charge >= 0.3 is 5.97 Å². The van der Waals surface area contributed by atoms with Crippen molar-refractivity contribution in [2.24, 2.45) is 16.7 Å². The maximum absolute atomic E-state index is 13.6. The standard InChI is InChI=1S/C17H30NO4P/c1-15(2,3)18-13-11-8-9-17(6,16(11,4)5)14(13)22-23(18,20)10-12(19)21-7/h11,13-14H,8-10H2,1-7H3/t11-,13-,14-,17+,23-/m1/s1. The molecule has 0 aromatic carbocycles. The largest absolute Gasteiger partial charge is 0.469 e. The van der Waals surface area contributed by atoms with Gasteiger partial charge in [0, 0.05) is 17.0 Å². The molecule has 2 aliphatic carbocycles. The number of rotatable bonds is 2. The van der Waals surface area contributed by atoms with Crippen molar-refractivity contribution < 1.29 is 18.6 Å². The van der Waals surface area contributed by atoms with E-state index in [2.05, 4.69) is 41.5 Å². The molecule has 6 heteroatoms. The molecule has 5 atom stereocenters. The molecule has 0 amide bonds. The summed E-state index contributed by atoms with van der Waals surface area (Å²) in [4.78, 5) is 11.8. The summed E-state index contributed by atoms with van der Waals surface area (Å²) in [6.07, 6.45) is 2.02. The zero-order chi connectivity index (χ0) is 17.4. The molecule has 132 valence electrons. The second-order valence-electron chi connectivity index (χ2n) is 9.19. The Bertz CT molecular complexity index is 582. The van der Waals surface area contributed by atoms with E-state index in [1.807, 2.05) is 4.67 Å². The summed E-state index contributed by atoms with van der Waals surface area (Å²) in [5.74, 6) is -0.00971. The van der Waals surface area contributed by atoms with Crippen LogP contribution in [0.25, 0.3) is 0 Å². The topological polar surface area (TPSA) is 55.8 Å². The van der Waals surface area contributed by atoms with Crippen molar-refractivity contribution in [1.29, 1.82) is 0 Å². The molecule has 2 saturated carbocycles. The maximum Gasteiger partial charge on any atom is 0.316 e. The highest BCUT2D eigenvalue weighted by atomic mass is 31.2. The monoisotopic (exact) mass is 343 g/mol. The van der Waals surface area contributed by atoms with Crippen LogP contribution < -0.4 is 0 Å². The molecule has 1 heterocycles. The van der Waals surface area contributed by atoms with E-state index in [4.69, 9.17) is 9.26 Å². The van der Waals surface area contributed by atoms with Crippen LogP contribution in [0, 0.1) is 16.7 Å². The molecule has 3 fully saturated rings. The molecular formula is C17H30NO4P. The lowest BCUT2D eigenvalue weighted by atomic mass is 9.70. The minimum Gasteiger partial charge on any atom is -0.469 e. The third kappa shape index (κ3) is 2.12. The Kier molecular flexibility index (Phi) is 3.66. The number of esters is 1. The van der Waals surface area contributed by atoms with Gasteiger partial charge in [-0.15, -0.1) is 0 Å². The summed E-state index contributed by atoms with van der Waals surface area (Å²) in [6.45, 7) is 13.1. The summed E-state index contributed by atoms with van der Waals surface area (Å²) in [7, 11) is -1.89. The van der Waals surface area contributed by atoms with Gasteiger partial charge in [0.05, 0.1) is 13.2 Å². The zero-order valence-corrected chi connectivity index (χ0v) is 16.3. The highest BCUT2D eigenvalue weighted by Crippen LogP contribution is 2.77. The highest BCUT2D eigenvalue weighted by molar-refractivity contribution is 7.57. The summed E-state index contributed by atoms with van der Waals surface area (Å²) < 4.78 is 26.7. The minimum atomic E-state index is -3.23. The molecule has 0 N–H and O–H groups in total. The molecule has 0 unspecified atom stereocenters. The van der Waals surface area contributed by atoms with Crippen LogP contribution in [0.5, 0.6) is 0 Å². The average Bonchev–Trinajstić information content (AvgIpc) is 2.87. The summed E-state index contributed by atoms with van der Waals surface area (Å²) in [5.41, 5.74) is -0.156. The summed E-state index contributed by atoms with van der Waals surface area (Å²) in [5, 5.41) is 0. The van der Waals surface area contributed by atoms with E-state index < -0.39 is 13.5 Å². The molecule has 0 radical (unpaired) electrons. The Morgan fingerprint density at radius 3 is 2.48 bits per heavy atom. The second kappa shape index (κ2) is 4.83. The van der Waals surface area contributed by atoms with E-state index in [0.717, 1.165) is 12.8 Å². The Morgan fingerprint density at radius 1 is 1.35 bits per heavy atom. The first-order chi connectivity index (χ1) is 10.4. The predicted octanol–water partition coefficient (Wildman–Crippen LogP) is 3.68. The number of ether oxygens (including phenoxy) is 1. The van der Waals surface area contributed by atoms with Crippen LogP contribution in [0.4, 0.5) is 0 Å². The van der Waals surface area contributed by atoms with Gasteiger partial charge in [-0.3, -0.25) is 9.36 Å². The molecule has 1 saturated heterocycles. The Balaban J connectivity index is 2.06. The first kappa shape index (κ1) is 17.4. The van der Waals surface area contributed by atoms with Crippen LogP contribution in [-0.4, -0.2) is 41.6 Å². The molecule has 23 heavy (non-hydrogen) atoms. The summed E-state index contributed by atoms with van der Waals surface area (Å²) in [6, 6.07) is 0.124. The van der Waals surface area contributed by atoms with Gasteiger partial charge in [-0.05, 0) is 44.9 Å². The number of fused-ring (bicyclic) bond motifs is 5. The molecule has 3 rings (SSSR count). The van der Waals surface area contributed by atoms with Crippen molar-refractivity contribution in [3.8, 4) is 0 Å². The lowest BCUT2D eigenvalue weighted by Gasteiger charge is -2.42. The SMILES string of the molecule is COC(=O)C[P@@]1(=O)O[C@@H]2[C@@H]([C@H]3CC[C@]2(C)C3(C)C)N1C(C)(C)C. The molecule has 1 aliphatic heterocycles. The molecule has 0 aromatic heterocycles. The Morgan fingerprint density at radius 2 is 1.96 bits per heavy atom. The number of hydrogen-bond donors (Lipinski definition) is 0. The van der Waals surface area contributed by atoms with Gasteiger partial charge < -0.3 is 9.26 Å². The maximum atomic E-state index is 13.6. The first-order valence-electron chi connectivity index (χ1n) is 8.52. The average molecular weight is 343 g/mol. The van der Waals surface area contributed by atoms with E-state index >= 15 is 0 Å². The smallest absolute Gasteiger partial charge is 0.316 e. The van der Waals surface area contributed by atoms with Crippen molar-refractivity contribution in [2.45, 2.75) is 72.1 Å². The number of carbonyl (C=O) groups is 1. The molecule has 0 aromatic rings. The number of nitrogens with zero attached hydrogens (tertiary/aromatic N) is 1. The van der Waals surface area contributed by atoms with Gasteiger partial charge in [0.25, 0.3) is 7.52 Å². The lowest BCUT2D eigenvalue weighted by molar-refractivity contribution is -0.137. The Hall–Kier alpha value is -0.380. The summed E-state index contributed by atoms with van der Waals surface area (Å²) >= 11 is 0. The molecule has 2 bridgehead atoms. The van der Waals surface area contributed by atoms with Gasteiger partial charge in [-0.25, -0.2) is 4.67 Å². The van der Waals surface area contributed by atoms with E-state index in [-0.39, 0.29) is 34.7 Å². The predicted molar refractivity (Wildman–Crippen MR) is 89.4 cm³/mol. The zero-order valence-electron chi connectivity index (χ0n) is 15.4. The van der Waals surface area contributed by atoms with E-state index in [1.165, 1.54) is 7.11 Å².